The average Bonchev–Trinajstić information content (AvgIpc) is 2.57. The Morgan fingerprint density at radius 2 is 1.92 bits per heavy atom. The zero-order chi connectivity index (χ0) is 19.3. The molecule has 0 amide bonds. The molecule has 142 valence electrons. The van der Waals surface area contributed by atoms with E-state index in [9.17, 15) is 4.79 Å². The molecule has 2 rings (SSSR count). The predicted octanol–water partition coefficient (Wildman–Crippen LogP) is 6.08. The maximum Gasteiger partial charge on any atom is 0.313 e. The van der Waals surface area contributed by atoms with Crippen LogP contribution in [0.3, 0.4) is 0 Å². The van der Waals surface area contributed by atoms with Crippen LogP contribution in [0.1, 0.15) is 51.7 Å². The molecule has 0 aliphatic rings. The van der Waals surface area contributed by atoms with E-state index in [1.807, 2.05) is 52.0 Å². The average molecular weight is 377 g/mol. The summed E-state index contributed by atoms with van der Waals surface area (Å²) in [6.45, 7) is 10.2. The first kappa shape index (κ1) is 20.7. The molecule has 0 saturated carbocycles. The SMILES string of the molecule is CCCCOC(Cc1c(C)cc2ccccc2c1Cl)OC(=O)C(C)(C)C. The van der Waals surface area contributed by atoms with Crippen molar-refractivity contribution in [2.45, 2.75) is 60.2 Å². The molecule has 2 aromatic rings. The maximum atomic E-state index is 12.3. The van der Waals surface area contributed by atoms with Gasteiger partial charge in [-0.05, 0) is 50.6 Å². The van der Waals surface area contributed by atoms with Gasteiger partial charge in [0.05, 0.1) is 17.0 Å². The minimum atomic E-state index is -0.634. The molecule has 2 aromatic carbocycles. The van der Waals surface area contributed by atoms with Crippen LogP contribution in [0.15, 0.2) is 30.3 Å². The third-order valence-corrected chi connectivity index (χ3v) is 4.77. The molecule has 0 aliphatic carbocycles. The summed E-state index contributed by atoms with van der Waals surface area (Å²) >= 11 is 6.68. The topological polar surface area (TPSA) is 35.5 Å². The van der Waals surface area contributed by atoms with Crippen molar-refractivity contribution in [2.24, 2.45) is 5.41 Å². The number of benzene rings is 2. The summed E-state index contributed by atoms with van der Waals surface area (Å²) in [7, 11) is 0. The van der Waals surface area contributed by atoms with Gasteiger partial charge < -0.3 is 9.47 Å². The Balaban J connectivity index is 2.29. The van der Waals surface area contributed by atoms with Crippen LogP contribution >= 0.6 is 11.6 Å². The Morgan fingerprint density at radius 1 is 1.23 bits per heavy atom. The van der Waals surface area contributed by atoms with E-state index in [1.165, 1.54) is 0 Å². The number of esters is 1. The van der Waals surface area contributed by atoms with E-state index in [0.29, 0.717) is 18.1 Å². The number of hydrogen-bond donors (Lipinski definition) is 0. The number of aryl methyl sites for hydroxylation is 1. The first-order chi connectivity index (χ1) is 12.2. The lowest BCUT2D eigenvalue weighted by Crippen LogP contribution is -2.31. The quantitative estimate of drug-likeness (QED) is 0.334. The fourth-order valence-electron chi connectivity index (χ4n) is 2.69. The molecule has 1 unspecified atom stereocenters. The van der Waals surface area contributed by atoms with Gasteiger partial charge in [-0.25, -0.2) is 0 Å². The largest absolute Gasteiger partial charge is 0.435 e. The van der Waals surface area contributed by atoms with Crippen LogP contribution in [-0.2, 0) is 20.7 Å². The molecule has 1 atom stereocenters. The van der Waals surface area contributed by atoms with Crippen molar-refractivity contribution in [2.75, 3.05) is 6.61 Å². The van der Waals surface area contributed by atoms with Crippen LogP contribution in [-0.4, -0.2) is 18.9 Å². The van der Waals surface area contributed by atoms with Crippen molar-refractivity contribution in [1.29, 1.82) is 0 Å². The zero-order valence-corrected chi connectivity index (χ0v) is 17.2. The predicted molar refractivity (Wildman–Crippen MR) is 108 cm³/mol. The second-order valence-electron chi connectivity index (χ2n) is 7.72. The maximum absolute atomic E-state index is 12.3. The molecule has 26 heavy (non-hydrogen) atoms. The molecule has 4 heteroatoms. The van der Waals surface area contributed by atoms with Gasteiger partial charge in [-0.15, -0.1) is 0 Å². The molecule has 0 aliphatic heterocycles. The van der Waals surface area contributed by atoms with Gasteiger partial charge in [0.25, 0.3) is 0 Å². The number of unbranched alkanes of at least 4 members (excludes halogenated alkanes) is 1. The highest BCUT2D eigenvalue weighted by Gasteiger charge is 2.27. The Morgan fingerprint density at radius 3 is 2.58 bits per heavy atom. The lowest BCUT2D eigenvalue weighted by Gasteiger charge is -2.24. The van der Waals surface area contributed by atoms with Gasteiger partial charge >= 0.3 is 5.97 Å². The minimum Gasteiger partial charge on any atom is -0.435 e. The van der Waals surface area contributed by atoms with Crippen LogP contribution in [0.2, 0.25) is 5.02 Å². The van der Waals surface area contributed by atoms with E-state index in [4.69, 9.17) is 21.1 Å². The highest BCUT2D eigenvalue weighted by Crippen LogP contribution is 2.32. The third kappa shape index (κ3) is 5.21. The molecule has 0 radical (unpaired) electrons. The van der Waals surface area contributed by atoms with Gasteiger partial charge in [0, 0.05) is 11.8 Å². The summed E-state index contributed by atoms with van der Waals surface area (Å²) in [5.74, 6) is -0.270. The van der Waals surface area contributed by atoms with E-state index < -0.39 is 11.7 Å². The van der Waals surface area contributed by atoms with E-state index in [1.54, 1.807) is 0 Å². The summed E-state index contributed by atoms with van der Waals surface area (Å²) < 4.78 is 11.5. The molecule has 0 aromatic heterocycles. The van der Waals surface area contributed by atoms with Crippen LogP contribution in [0.25, 0.3) is 10.8 Å². The second kappa shape index (κ2) is 8.88. The van der Waals surface area contributed by atoms with Crippen molar-refractivity contribution in [3.63, 3.8) is 0 Å². The molecular formula is C22H29ClO3. The number of rotatable bonds is 7. The van der Waals surface area contributed by atoms with Crippen LogP contribution in [0, 0.1) is 12.3 Å². The van der Waals surface area contributed by atoms with Crippen molar-refractivity contribution in [3.8, 4) is 0 Å². The lowest BCUT2D eigenvalue weighted by molar-refractivity contribution is -0.187. The van der Waals surface area contributed by atoms with Crippen LogP contribution < -0.4 is 0 Å². The molecule has 0 spiro atoms. The fourth-order valence-corrected chi connectivity index (χ4v) is 3.08. The number of fused-ring (bicyclic) bond motifs is 1. The molecule has 0 N–H and O–H groups in total. The van der Waals surface area contributed by atoms with Gasteiger partial charge in [-0.2, -0.15) is 0 Å². The summed E-state index contributed by atoms with van der Waals surface area (Å²) in [5.41, 5.74) is 1.47. The zero-order valence-electron chi connectivity index (χ0n) is 16.4. The van der Waals surface area contributed by atoms with Crippen molar-refractivity contribution in [1.82, 2.24) is 0 Å². The molecule has 0 fully saturated rings. The Labute approximate surface area is 161 Å². The van der Waals surface area contributed by atoms with E-state index in [0.717, 1.165) is 34.7 Å². The Bertz CT molecular complexity index is 762. The van der Waals surface area contributed by atoms with Gasteiger partial charge in [0.15, 0.2) is 0 Å². The highest BCUT2D eigenvalue weighted by atomic mass is 35.5. The first-order valence-corrected chi connectivity index (χ1v) is 9.61. The number of halogens is 1. The Hall–Kier alpha value is -1.58. The van der Waals surface area contributed by atoms with E-state index >= 15 is 0 Å². The van der Waals surface area contributed by atoms with Crippen molar-refractivity contribution < 1.29 is 14.3 Å². The minimum absolute atomic E-state index is 0.270. The van der Waals surface area contributed by atoms with Gasteiger partial charge in [0.2, 0.25) is 6.29 Å². The van der Waals surface area contributed by atoms with Gasteiger partial charge in [-0.3, -0.25) is 4.79 Å². The smallest absolute Gasteiger partial charge is 0.313 e. The summed E-state index contributed by atoms with van der Waals surface area (Å²) in [4.78, 5) is 12.3. The van der Waals surface area contributed by atoms with Crippen LogP contribution in [0.5, 0.6) is 0 Å². The third-order valence-electron chi connectivity index (χ3n) is 4.33. The van der Waals surface area contributed by atoms with Gasteiger partial charge in [0.1, 0.15) is 0 Å². The monoisotopic (exact) mass is 376 g/mol. The lowest BCUT2D eigenvalue weighted by atomic mass is 9.97. The fraction of sp³-hybridized carbons (Fsp3) is 0.500. The first-order valence-electron chi connectivity index (χ1n) is 9.23. The molecule has 0 saturated heterocycles. The Kier molecular flexibility index (Phi) is 7.08. The number of carbonyl (C=O) groups excluding carboxylic acids is 1. The number of ether oxygens (including phenoxy) is 2. The van der Waals surface area contributed by atoms with Crippen LogP contribution in [0.4, 0.5) is 0 Å². The van der Waals surface area contributed by atoms with E-state index in [-0.39, 0.29) is 5.97 Å². The number of carbonyl (C=O) groups is 1. The van der Waals surface area contributed by atoms with Crippen molar-refractivity contribution >= 4 is 28.3 Å². The molecule has 0 bridgehead atoms. The molecule has 3 nitrogen and oxygen atoms in total. The summed E-state index contributed by atoms with van der Waals surface area (Å²) in [6.07, 6.45) is 1.76. The van der Waals surface area contributed by atoms with Crippen molar-refractivity contribution in [3.05, 3.63) is 46.5 Å². The standard InChI is InChI=1S/C22H29ClO3/c1-6-7-12-25-19(26-21(24)22(3,4)5)14-18-15(2)13-16-10-8-9-11-17(16)20(18)23/h8-11,13,19H,6-7,12,14H2,1-5H3. The van der Waals surface area contributed by atoms with E-state index in [2.05, 4.69) is 13.0 Å². The summed E-state index contributed by atoms with van der Waals surface area (Å²) in [6, 6.07) is 10.1. The van der Waals surface area contributed by atoms with Gasteiger partial charge in [-0.1, -0.05) is 55.3 Å². The summed E-state index contributed by atoms with van der Waals surface area (Å²) in [5, 5.41) is 2.81. The molecule has 0 heterocycles. The number of hydrogen-bond acceptors (Lipinski definition) is 3. The second-order valence-corrected chi connectivity index (χ2v) is 8.10. The molecular weight excluding hydrogens is 348 g/mol. The highest BCUT2D eigenvalue weighted by molar-refractivity contribution is 6.36. The normalized spacial score (nSPS) is 13.0.